The van der Waals surface area contributed by atoms with Gasteiger partial charge in [0.05, 0.1) is 12.5 Å². The average Bonchev–Trinajstić information content (AvgIpc) is 2.94. The Morgan fingerprint density at radius 3 is 2.87 bits per heavy atom. The smallest absolute Gasteiger partial charge is 0.349 e. The number of thiophene rings is 1. The summed E-state index contributed by atoms with van der Waals surface area (Å²) >= 11 is 1.18. The predicted octanol–water partition coefficient (Wildman–Crippen LogP) is 2.96. The lowest BCUT2D eigenvalue weighted by molar-refractivity contribution is -0.138. The van der Waals surface area contributed by atoms with E-state index in [2.05, 4.69) is 0 Å². The fourth-order valence-corrected chi connectivity index (χ4v) is 2.95. The number of halogens is 1. The van der Waals surface area contributed by atoms with Crippen LogP contribution in [0.2, 0.25) is 0 Å². The summed E-state index contributed by atoms with van der Waals surface area (Å²) in [5.74, 6) is -1.38. The van der Waals surface area contributed by atoms with E-state index in [-0.39, 0.29) is 24.7 Å². The summed E-state index contributed by atoms with van der Waals surface area (Å²) in [6.45, 7) is 1.76. The quantitative estimate of drug-likeness (QED) is 0.788. The molecule has 0 N–H and O–H groups in total. The fraction of sp³-hybridized carbons (Fsp3) is 0.312. The number of nitrogens with zero attached hydrogens (tertiary/aromatic N) is 2. The third kappa shape index (κ3) is 4.05. The Balaban J connectivity index is 2.05. The van der Waals surface area contributed by atoms with Crippen LogP contribution in [0.25, 0.3) is 10.1 Å². The molecule has 0 fully saturated rings. The van der Waals surface area contributed by atoms with Crippen LogP contribution in [0.15, 0.2) is 24.3 Å². The Morgan fingerprint density at radius 2 is 2.17 bits per heavy atom. The topological polar surface area (TPSA) is 70.4 Å². The van der Waals surface area contributed by atoms with Crippen molar-refractivity contribution in [1.82, 2.24) is 4.90 Å². The largest absolute Gasteiger partial charge is 0.448 e. The Hall–Kier alpha value is -2.46. The number of ether oxygens (including phenoxy) is 1. The number of rotatable bonds is 5. The molecule has 1 amide bonds. The summed E-state index contributed by atoms with van der Waals surface area (Å²) in [7, 11) is 1.55. The molecule has 2 rings (SSSR count). The van der Waals surface area contributed by atoms with Crippen molar-refractivity contribution in [3.05, 3.63) is 35.0 Å². The molecule has 0 saturated heterocycles. The second-order valence-corrected chi connectivity index (χ2v) is 6.09. The van der Waals surface area contributed by atoms with E-state index < -0.39 is 12.1 Å². The minimum Gasteiger partial charge on any atom is -0.448 e. The second kappa shape index (κ2) is 7.20. The van der Waals surface area contributed by atoms with Crippen LogP contribution in [-0.2, 0) is 9.53 Å². The van der Waals surface area contributed by atoms with Gasteiger partial charge in [0.25, 0.3) is 5.91 Å². The Kier molecular flexibility index (Phi) is 5.29. The van der Waals surface area contributed by atoms with Gasteiger partial charge in [-0.25, -0.2) is 9.18 Å². The van der Waals surface area contributed by atoms with Crippen molar-refractivity contribution < 1.29 is 18.7 Å². The molecule has 0 bridgehead atoms. The van der Waals surface area contributed by atoms with Crippen LogP contribution in [-0.4, -0.2) is 36.5 Å². The minimum atomic E-state index is -0.951. The number of likely N-dealkylation sites (N-methyl/N-ethyl adjacent to an activating group) is 1. The first-order valence-electron chi connectivity index (χ1n) is 6.94. The first kappa shape index (κ1) is 16.9. The summed E-state index contributed by atoms with van der Waals surface area (Å²) in [5, 5.41) is 9.14. The number of fused-ring (bicyclic) bond motifs is 1. The maximum absolute atomic E-state index is 13.2. The summed E-state index contributed by atoms with van der Waals surface area (Å²) in [6, 6.07) is 7.75. The number of amides is 1. The molecule has 23 heavy (non-hydrogen) atoms. The molecular weight excluding hydrogens is 319 g/mol. The highest BCUT2D eigenvalue weighted by Crippen LogP contribution is 2.27. The molecule has 1 atom stereocenters. The normalized spacial score (nSPS) is 11.7. The van der Waals surface area contributed by atoms with Gasteiger partial charge in [-0.05, 0) is 36.6 Å². The molecule has 0 radical (unpaired) electrons. The molecule has 1 heterocycles. The molecule has 0 saturated carbocycles. The molecule has 5 nitrogen and oxygen atoms in total. The van der Waals surface area contributed by atoms with Crippen molar-refractivity contribution in [3.63, 3.8) is 0 Å². The molecular formula is C16H15FN2O3S. The molecule has 0 aliphatic heterocycles. The van der Waals surface area contributed by atoms with Crippen LogP contribution < -0.4 is 0 Å². The number of hydrogen-bond acceptors (Lipinski definition) is 5. The zero-order valence-electron chi connectivity index (χ0n) is 12.7. The van der Waals surface area contributed by atoms with Gasteiger partial charge in [0.15, 0.2) is 6.10 Å². The van der Waals surface area contributed by atoms with E-state index in [1.807, 2.05) is 6.07 Å². The molecule has 120 valence electrons. The molecule has 2 aromatic rings. The molecule has 0 aliphatic rings. The van der Waals surface area contributed by atoms with Gasteiger partial charge in [-0.15, -0.1) is 11.3 Å². The van der Waals surface area contributed by atoms with E-state index in [9.17, 15) is 14.0 Å². The van der Waals surface area contributed by atoms with E-state index in [1.54, 1.807) is 19.2 Å². The number of benzene rings is 1. The number of nitriles is 1. The monoisotopic (exact) mass is 334 g/mol. The molecule has 7 heteroatoms. The molecule has 0 spiro atoms. The lowest BCUT2D eigenvalue weighted by Crippen LogP contribution is -2.37. The Bertz CT molecular complexity index is 781. The second-order valence-electron chi connectivity index (χ2n) is 5.01. The molecule has 1 aromatic carbocycles. The van der Waals surface area contributed by atoms with Gasteiger partial charge in [-0.3, -0.25) is 4.79 Å². The van der Waals surface area contributed by atoms with E-state index in [4.69, 9.17) is 10.00 Å². The SMILES string of the molecule is C[C@@H](OC(=O)c1cc2cc(F)ccc2s1)C(=O)N(C)CCC#N. The first-order chi connectivity index (χ1) is 10.9. The summed E-state index contributed by atoms with van der Waals surface area (Å²) in [4.78, 5) is 25.8. The highest BCUT2D eigenvalue weighted by Gasteiger charge is 2.23. The molecule has 1 aromatic heterocycles. The van der Waals surface area contributed by atoms with Crippen molar-refractivity contribution in [3.8, 4) is 6.07 Å². The van der Waals surface area contributed by atoms with Crippen LogP contribution in [0.3, 0.4) is 0 Å². The van der Waals surface area contributed by atoms with Gasteiger partial charge in [0, 0.05) is 18.3 Å². The van der Waals surface area contributed by atoms with Crippen LogP contribution in [0.5, 0.6) is 0 Å². The van der Waals surface area contributed by atoms with Crippen LogP contribution in [0.1, 0.15) is 23.0 Å². The summed E-state index contributed by atoms with van der Waals surface area (Å²) in [6.07, 6.45) is -0.738. The minimum absolute atomic E-state index is 0.213. The number of carbonyl (C=O) groups excluding carboxylic acids is 2. The van der Waals surface area contributed by atoms with E-state index in [1.165, 1.54) is 35.3 Å². The summed E-state index contributed by atoms with van der Waals surface area (Å²) < 4.78 is 19.1. The third-order valence-corrected chi connectivity index (χ3v) is 4.34. The summed E-state index contributed by atoms with van der Waals surface area (Å²) in [5.41, 5.74) is 0. The lowest BCUT2D eigenvalue weighted by atomic mass is 10.2. The van der Waals surface area contributed by atoms with Crippen molar-refractivity contribution in [2.24, 2.45) is 0 Å². The van der Waals surface area contributed by atoms with Crippen molar-refractivity contribution >= 4 is 33.3 Å². The molecule has 0 aliphatic carbocycles. The van der Waals surface area contributed by atoms with E-state index in [0.29, 0.717) is 10.3 Å². The van der Waals surface area contributed by atoms with Crippen molar-refractivity contribution in [2.75, 3.05) is 13.6 Å². The zero-order valence-corrected chi connectivity index (χ0v) is 13.5. The zero-order chi connectivity index (χ0) is 17.0. The average molecular weight is 334 g/mol. The number of esters is 1. The lowest BCUT2D eigenvalue weighted by Gasteiger charge is -2.20. The van der Waals surface area contributed by atoms with Gasteiger partial charge in [0.1, 0.15) is 10.7 Å². The van der Waals surface area contributed by atoms with E-state index in [0.717, 1.165) is 4.70 Å². The van der Waals surface area contributed by atoms with Gasteiger partial charge in [-0.2, -0.15) is 5.26 Å². The number of carbonyl (C=O) groups is 2. The predicted molar refractivity (Wildman–Crippen MR) is 84.5 cm³/mol. The highest BCUT2D eigenvalue weighted by molar-refractivity contribution is 7.20. The van der Waals surface area contributed by atoms with Crippen molar-refractivity contribution in [1.29, 1.82) is 5.26 Å². The van der Waals surface area contributed by atoms with Gasteiger partial charge in [-0.1, -0.05) is 0 Å². The first-order valence-corrected chi connectivity index (χ1v) is 7.76. The Morgan fingerprint density at radius 1 is 1.43 bits per heavy atom. The standard InChI is InChI=1S/C16H15FN2O3S/c1-10(15(20)19(2)7-3-6-18)22-16(21)14-9-11-8-12(17)4-5-13(11)23-14/h4-5,8-10H,3,7H2,1-2H3/t10-/m1/s1. The fourth-order valence-electron chi connectivity index (χ4n) is 2.02. The molecule has 0 unspecified atom stereocenters. The maximum atomic E-state index is 13.2. The van der Waals surface area contributed by atoms with Crippen LogP contribution >= 0.6 is 11.3 Å². The van der Waals surface area contributed by atoms with E-state index >= 15 is 0 Å². The van der Waals surface area contributed by atoms with Gasteiger partial charge >= 0.3 is 5.97 Å². The van der Waals surface area contributed by atoms with Crippen LogP contribution in [0.4, 0.5) is 4.39 Å². The third-order valence-electron chi connectivity index (χ3n) is 3.25. The van der Waals surface area contributed by atoms with Gasteiger partial charge < -0.3 is 9.64 Å². The maximum Gasteiger partial charge on any atom is 0.349 e. The Labute approximate surface area is 136 Å². The number of hydrogen-bond donors (Lipinski definition) is 0. The van der Waals surface area contributed by atoms with Crippen molar-refractivity contribution in [2.45, 2.75) is 19.4 Å². The highest BCUT2D eigenvalue weighted by atomic mass is 32.1. The van der Waals surface area contributed by atoms with Crippen LogP contribution in [0, 0.1) is 17.1 Å². The van der Waals surface area contributed by atoms with Gasteiger partial charge in [0.2, 0.25) is 0 Å².